The average molecular weight is 285 g/mol. The molecule has 1 aromatic heterocycles. The molecule has 0 saturated heterocycles. The van der Waals surface area contributed by atoms with Gasteiger partial charge in [-0.3, -0.25) is 4.79 Å². The van der Waals surface area contributed by atoms with E-state index in [1.54, 1.807) is 0 Å². The smallest absolute Gasteiger partial charge is 0.223 e. The molecule has 4 nitrogen and oxygen atoms in total. The second-order valence-electron chi connectivity index (χ2n) is 5.42. The number of para-hydroxylation sites is 1. The third-order valence-corrected chi connectivity index (χ3v) is 3.94. The summed E-state index contributed by atoms with van der Waals surface area (Å²) in [5, 5.41) is 7.59. The molecule has 1 unspecified atom stereocenters. The Bertz CT molecular complexity index is 616. The Morgan fingerprint density at radius 3 is 2.57 bits per heavy atom. The predicted octanol–water partition coefficient (Wildman–Crippen LogP) is 3.15. The molecule has 1 atom stereocenters. The van der Waals surface area contributed by atoms with Gasteiger partial charge in [0.1, 0.15) is 0 Å². The van der Waals surface area contributed by atoms with Crippen molar-refractivity contribution in [3.8, 4) is 5.69 Å². The van der Waals surface area contributed by atoms with Crippen LogP contribution in [0.15, 0.2) is 30.3 Å². The molecule has 0 aliphatic heterocycles. The van der Waals surface area contributed by atoms with Crippen LogP contribution in [0, 0.1) is 19.8 Å². The Kier molecular flexibility index (Phi) is 4.78. The maximum absolute atomic E-state index is 11.9. The zero-order valence-corrected chi connectivity index (χ0v) is 13.2. The second kappa shape index (κ2) is 6.57. The van der Waals surface area contributed by atoms with Crippen LogP contribution in [0.1, 0.15) is 37.2 Å². The van der Waals surface area contributed by atoms with Crippen molar-refractivity contribution in [1.82, 2.24) is 15.1 Å². The molecule has 0 fully saturated rings. The van der Waals surface area contributed by atoms with Crippen LogP contribution in [-0.4, -0.2) is 15.7 Å². The van der Waals surface area contributed by atoms with Gasteiger partial charge in [0.2, 0.25) is 5.91 Å². The Labute approximate surface area is 126 Å². The number of hydrogen-bond acceptors (Lipinski definition) is 2. The van der Waals surface area contributed by atoms with Crippen molar-refractivity contribution < 1.29 is 4.79 Å². The van der Waals surface area contributed by atoms with Crippen LogP contribution >= 0.6 is 0 Å². The van der Waals surface area contributed by atoms with E-state index in [1.165, 1.54) is 0 Å². The van der Waals surface area contributed by atoms with Gasteiger partial charge >= 0.3 is 0 Å². The first kappa shape index (κ1) is 15.3. The molecule has 21 heavy (non-hydrogen) atoms. The van der Waals surface area contributed by atoms with Crippen molar-refractivity contribution in [2.45, 2.75) is 40.7 Å². The van der Waals surface area contributed by atoms with Crippen LogP contribution in [0.2, 0.25) is 0 Å². The van der Waals surface area contributed by atoms with E-state index in [9.17, 15) is 4.79 Å². The van der Waals surface area contributed by atoms with E-state index in [0.717, 1.165) is 29.1 Å². The highest BCUT2D eigenvalue weighted by Crippen LogP contribution is 2.17. The summed E-state index contributed by atoms with van der Waals surface area (Å²) in [6, 6.07) is 10.0. The van der Waals surface area contributed by atoms with Gasteiger partial charge < -0.3 is 5.32 Å². The average Bonchev–Trinajstić information content (AvgIpc) is 2.79. The molecule has 2 rings (SSSR count). The third kappa shape index (κ3) is 3.32. The molecule has 112 valence electrons. The van der Waals surface area contributed by atoms with Gasteiger partial charge in [0, 0.05) is 23.7 Å². The van der Waals surface area contributed by atoms with Crippen molar-refractivity contribution in [3.05, 3.63) is 47.3 Å². The summed E-state index contributed by atoms with van der Waals surface area (Å²) in [4.78, 5) is 11.9. The molecule has 2 aromatic rings. The predicted molar refractivity (Wildman–Crippen MR) is 84.3 cm³/mol. The lowest BCUT2D eigenvalue weighted by Crippen LogP contribution is -2.28. The van der Waals surface area contributed by atoms with Crippen LogP contribution < -0.4 is 5.32 Å². The van der Waals surface area contributed by atoms with E-state index in [4.69, 9.17) is 0 Å². The highest BCUT2D eigenvalue weighted by Gasteiger charge is 2.15. The molecular weight excluding hydrogens is 262 g/mol. The Morgan fingerprint density at radius 1 is 1.29 bits per heavy atom. The molecule has 1 aromatic carbocycles. The lowest BCUT2D eigenvalue weighted by atomic mass is 10.1. The number of aryl methyl sites for hydroxylation is 1. The molecule has 0 aliphatic carbocycles. The Balaban J connectivity index is 2.19. The van der Waals surface area contributed by atoms with Crippen molar-refractivity contribution in [3.63, 3.8) is 0 Å². The maximum atomic E-state index is 11.9. The van der Waals surface area contributed by atoms with Crippen LogP contribution in [0.4, 0.5) is 0 Å². The summed E-state index contributed by atoms with van der Waals surface area (Å²) in [6.45, 7) is 8.53. The number of carbonyl (C=O) groups excluding carboxylic acids is 1. The highest BCUT2D eigenvalue weighted by molar-refractivity contribution is 5.78. The molecule has 0 bridgehead atoms. The van der Waals surface area contributed by atoms with E-state index in [-0.39, 0.29) is 11.8 Å². The van der Waals surface area contributed by atoms with Gasteiger partial charge in [-0.15, -0.1) is 0 Å². The first-order chi connectivity index (χ1) is 10.0. The first-order valence-electron chi connectivity index (χ1n) is 7.42. The second-order valence-corrected chi connectivity index (χ2v) is 5.42. The number of amides is 1. The van der Waals surface area contributed by atoms with Gasteiger partial charge in [-0.25, -0.2) is 4.68 Å². The number of benzene rings is 1. The molecule has 0 spiro atoms. The van der Waals surface area contributed by atoms with Crippen molar-refractivity contribution >= 4 is 5.91 Å². The fourth-order valence-electron chi connectivity index (χ4n) is 2.29. The fourth-order valence-corrected chi connectivity index (χ4v) is 2.29. The number of nitrogens with one attached hydrogen (secondary N) is 1. The van der Waals surface area contributed by atoms with Gasteiger partial charge in [-0.2, -0.15) is 5.10 Å². The lowest BCUT2D eigenvalue weighted by molar-refractivity contribution is -0.124. The summed E-state index contributed by atoms with van der Waals surface area (Å²) in [5.74, 6) is 0.151. The number of rotatable bonds is 5. The summed E-state index contributed by atoms with van der Waals surface area (Å²) in [7, 11) is 0. The van der Waals surface area contributed by atoms with Gasteiger partial charge in [-0.1, -0.05) is 32.0 Å². The molecular formula is C17H23N3O. The lowest BCUT2D eigenvalue weighted by Gasteiger charge is -2.10. The topological polar surface area (TPSA) is 46.9 Å². The molecule has 1 N–H and O–H groups in total. The molecule has 0 radical (unpaired) electrons. The number of hydrogen-bond donors (Lipinski definition) is 1. The number of aromatic nitrogens is 2. The minimum Gasteiger partial charge on any atom is -0.352 e. The number of carbonyl (C=O) groups is 1. The molecule has 1 heterocycles. The maximum Gasteiger partial charge on any atom is 0.223 e. The first-order valence-corrected chi connectivity index (χ1v) is 7.42. The van der Waals surface area contributed by atoms with Crippen LogP contribution in [0.5, 0.6) is 0 Å². The third-order valence-electron chi connectivity index (χ3n) is 3.94. The summed E-state index contributed by atoms with van der Waals surface area (Å²) < 4.78 is 1.93. The highest BCUT2D eigenvalue weighted by atomic mass is 16.1. The number of nitrogens with zero attached hydrogens (tertiary/aromatic N) is 2. The normalized spacial score (nSPS) is 12.2. The minimum atomic E-state index is 0.0507. The largest absolute Gasteiger partial charge is 0.352 e. The van der Waals surface area contributed by atoms with Crippen molar-refractivity contribution in [2.75, 3.05) is 0 Å². The Morgan fingerprint density at radius 2 is 1.95 bits per heavy atom. The van der Waals surface area contributed by atoms with E-state index in [2.05, 4.69) is 10.4 Å². The monoisotopic (exact) mass is 285 g/mol. The summed E-state index contributed by atoms with van der Waals surface area (Å²) in [5.41, 5.74) is 4.16. The van der Waals surface area contributed by atoms with E-state index in [0.29, 0.717) is 6.54 Å². The van der Waals surface area contributed by atoms with Gasteiger partial charge in [0.15, 0.2) is 0 Å². The molecule has 4 heteroatoms. The van der Waals surface area contributed by atoms with E-state index < -0.39 is 0 Å². The van der Waals surface area contributed by atoms with Crippen LogP contribution in [0.25, 0.3) is 5.69 Å². The van der Waals surface area contributed by atoms with Crippen molar-refractivity contribution in [2.24, 2.45) is 5.92 Å². The zero-order valence-electron chi connectivity index (χ0n) is 13.2. The van der Waals surface area contributed by atoms with E-state index in [1.807, 2.05) is 62.7 Å². The van der Waals surface area contributed by atoms with Gasteiger partial charge in [-0.05, 0) is 32.4 Å². The SMILES string of the molecule is CCC(C)C(=O)NCc1c(C)nn(-c2ccccc2)c1C. The Hall–Kier alpha value is -2.10. The van der Waals surface area contributed by atoms with Crippen LogP contribution in [0.3, 0.4) is 0 Å². The van der Waals surface area contributed by atoms with Gasteiger partial charge in [0.05, 0.1) is 11.4 Å². The van der Waals surface area contributed by atoms with Crippen LogP contribution in [-0.2, 0) is 11.3 Å². The molecule has 0 saturated carbocycles. The molecule has 1 amide bonds. The van der Waals surface area contributed by atoms with E-state index >= 15 is 0 Å². The summed E-state index contributed by atoms with van der Waals surface area (Å²) in [6.07, 6.45) is 0.854. The standard InChI is InChI=1S/C17H23N3O/c1-5-12(2)17(21)18-11-16-13(3)19-20(14(16)4)15-9-7-6-8-10-15/h6-10,12H,5,11H2,1-4H3,(H,18,21). The minimum absolute atomic E-state index is 0.0507. The van der Waals surface area contributed by atoms with Crippen molar-refractivity contribution in [1.29, 1.82) is 0 Å². The quantitative estimate of drug-likeness (QED) is 0.917. The fraction of sp³-hybridized carbons (Fsp3) is 0.412. The zero-order chi connectivity index (χ0) is 15.4. The summed E-state index contributed by atoms with van der Waals surface area (Å²) >= 11 is 0. The van der Waals surface area contributed by atoms with Gasteiger partial charge in [0.25, 0.3) is 0 Å². The molecule has 0 aliphatic rings.